The van der Waals surface area contributed by atoms with E-state index in [1.165, 1.54) is 31.2 Å². The molecule has 2 nitrogen and oxygen atoms in total. The number of aromatic nitrogens is 1. The third-order valence-electron chi connectivity index (χ3n) is 3.01. The predicted octanol–water partition coefficient (Wildman–Crippen LogP) is 3.54. The molecule has 0 spiro atoms. The van der Waals surface area contributed by atoms with Crippen LogP contribution in [0, 0.1) is 0 Å². The van der Waals surface area contributed by atoms with Gasteiger partial charge in [-0.2, -0.15) is 0 Å². The molecule has 82 valence electrons. The van der Waals surface area contributed by atoms with Gasteiger partial charge in [-0.15, -0.1) is 0 Å². The highest BCUT2D eigenvalue weighted by atomic mass is 35.5. The molecule has 3 heteroatoms. The first-order valence-corrected chi connectivity index (χ1v) is 6.04. The number of rotatable bonds is 1. The van der Waals surface area contributed by atoms with Crippen molar-refractivity contribution in [2.24, 2.45) is 0 Å². The molecule has 0 radical (unpaired) electrons. The number of nitrogens with zero attached hydrogens (tertiary/aromatic N) is 2. The van der Waals surface area contributed by atoms with E-state index in [2.05, 4.69) is 11.1 Å². The van der Waals surface area contributed by atoms with Crippen LogP contribution < -0.4 is 0 Å². The fourth-order valence-electron chi connectivity index (χ4n) is 2.15. The predicted molar refractivity (Wildman–Crippen MR) is 62.6 cm³/mol. The lowest BCUT2D eigenvalue weighted by Gasteiger charge is -2.27. The molecule has 0 unspecified atom stereocenters. The third kappa shape index (κ3) is 2.93. The van der Waals surface area contributed by atoms with Crippen LogP contribution in [-0.4, -0.2) is 15.9 Å². The molecule has 2 heterocycles. The first-order chi connectivity index (χ1) is 7.38. The van der Waals surface area contributed by atoms with Gasteiger partial charge in [0.25, 0.3) is 0 Å². The molecule has 1 aromatic heterocycles. The summed E-state index contributed by atoms with van der Waals surface area (Å²) in [5, 5.41) is 0. The van der Waals surface area contributed by atoms with Crippen molar-refractivity contribution in [3.63, 3.8) is 0 Å². The average Bonchev–Trinajstić information content (AvgIpc) is 2.25. The Hall–Kier alpha value is -0.600. The Morgan fingerprint density at radius 1 is 1.27 bits per heavy atom. The Balaban J connectivity index is 2.10. The number of hydrogen-bond acceptors (Lipinski definition) is 2. The second-order valence-electron chi connectivity index (χ2n) is 4.13. The van der Waals surface area contributed by atoms with E-state index < -0.39 is 0 Å². The lowest BCUT2D eigenvalue weighted by atomic mass is 9.99. The normalized spacial score (nSPS) is 24.5. The van der Waals surface area contributed by atoms with Crippen LogP contribution in [0.25, 0.3) is 0 Å². The molecular weight excluding hydrogens is 208 g/mol. The van der Waals surface area contributed by atoms with Gasteiger partial charge in [0.2, 0.25) is 0 Å². The zero-order valence-corrected chi connectivity index (χ0v) is 9.66. The first kappa shape index (κ1) is 10.9. The minimum absolute atomic E-state index is 0.348. The summed E-state index contributed by atoms with van der Waals surface area (Å²) in [6.07, 6.45) is 10.0. The summed E-state index contributed by atoms with van der Waals surface area (Å²) in [5.74, 6) is 0. The van der Waals surface area contributed by atoms with E-state index >= 15 is 0 Å². The van der Waals surface area contributed by atoms with Crippen LogP contribution in [0.4, 0.5) is 0 Å². The first-order valence-electron chi connectivity index (χ1n) is 5.70. The van der Waals surface area contributed by atoms with Gasteiger partial charge in [-0.3, -0.25) is 4.98 Å². The SMILES string of the molecule is ClN1CCCCCC[C@@H]1c1cccnc1. The highest BCUT2D eigenvalue weighted by Crippen LogP contribution is 2.30. The van der Waals surface area contributed by atoms with Gasteiger partial charge in [0, 0.05) is 18.9 Å². The van der Waals surface area contributed by atoms with Crippen molar-refractivity contribution >= 4 is 11.8 Å². The summed E-state index contributed by atoms with van der Waals surface area (Å²) in [6, 6.07) is 4.45. The van der Waals surface area contributed by atoms with Gasteiger partial charge in [-0.1, -0.05) is 25.3 Å². The smallest absolute Gasteiger partial charge is 0.0516 e. The Morgan fingerprint density at radius 2 is 2.13 bits per heavy atom. The van der Waals surface area contributed by atoms with Crippen LogP contribution in [0.2, 0.25) is 0 Å². The van der Waals surface area contributed by atoms with E-state index in [1.54, 1.807) is 0 Å². The third-order valence-corrected chi connectivity index (χ3v) is 3.41. The fourth-order valence-corrected chi connectivity index (χ4v) is 2.48. The Labute approximate surface area is 96.4 Å². The van der Waals surface area contributed by atoms with E-state index in [-0.39, 0.29) is 0 Å². The summed E-state index contributed by atoms with van der Waals surface area (Å²) in [5.41, 5.74) is 1.24. The zero-order chi connectivity index (χ0) is 10.5. The molecule has 1 aliphatic heterocycles. The number of pyridine rings is 1. The lowest BCUT2D eigenvalue weighted by molar-refractivity contribution is 0.291. The van der Waals surface area contributed by atoms with Crippen LogP contribution in [0.3, 0.4) is 0 Å². The molecule has 1 fully saturated rings. The van der Waals surface area contributed by atoms with Crippen LogP contribution in [0.5, 0.6) is 0 Å². The largest absolute Gasteiger partial charge is 0.264 e. The van der Waals surface area contributed by atoms with Crippen LogP contribution >= 0.6 is 11.8 Å². The molecule has 0 aromatic carbocycles. The maximum atomic E-state index is 6.30. The molecule has 15 heavy (non-hydrogen) atoms. The summed E-state index contributed by atoms with van der Waals surface area (Å²) >= 11 is 6.30. The Morgan fingerprint density at radius 3 is 2.93 bits per heavy atom. The molecule has 2 rings (SSSR count). The highest BCUT2D eigenvalue weighted by Gasteiger charge is 2.19. The Kier molecular flexibility index (Phi) is 3.98. The van der Waals surface area contributed by atoms with Crippen LogP contribution in [0.1, 0.15) is 43.7 Å². The van der Waals surface area contributed by atoms with Crippen molar-refractivity contribution in [3.8, 4) is 0 Å². The van der Waals surface area contributed by atoms with Gasteiger partial charge in [0.1, 0.15) is 0 Å². The monoisotopic (exact) mass is 224 g/mol. The van der Waals surface area contributed by atoms with Gasteiger partial charge in [0.05, 0.1) is 6.04 Å². The van der Waals surface area contributed by atoms with E-state index in [4.69, 9.17) is 11.8 Å². The second-order valence-corrected chi connectivity index (χ2v) is 4.56. The number of hydrogen-bond donors (Lipinski definition) is 0. The standard InChI is InChI=1S/C12H17ClN2/c13-15-9-4-2-1-3-7-12(15)11-6-5-8-14-10-11/h5-6,8,10,12H,1-4,7,9H2/t12-/m1/s1. The molecule has 0 amide bonds. The van der Waals surface area contributed by atoms with E-state index in [1.807, 2.05) is 22.9 Å². The van der Waals surface area contributed by atoms with E-state index in [0.29, 0.717) is 6.04 Å². The van der Waals surface area contributed by atoms with Gasteiger partial charge in [-0.05, 0) is 36.2 Å². The van der Waals surface area contributed by atoms with Gasteiger partial charge >= 0.3 is 0 Å². The minimum Gasteiger partial charge on any atom is -0.264 e. The quantitative estimate of drug-likeness (QED) is 0.679. The molecule has 0 aliphatic carbocycles. The molecular formula is C12H17ClN2. The molecule has 1 aliphatic rings. The van der Waals surface area contributed by atoms with Crippen LogP contribution in [-0.2, 0) is 0 Å². The molecule has 1 atom stereocenters. The van der Waals surface area contributed by atoms with Crippen molar-refractivity contribution < 1.29 is 0 Å². The average molecular weight is 225 g/mol. The summed E-state index contributed by atoms with van der Waals surface area (Å²) in [7, 11) is 0. The number of halogens is 1. The molecule has 1 saturated heterocycles. The maximum Gasteiger partial charge on any atom is 0.0516 e. The lowest BCUT2D eigenvalue weighted by Crippen LogP contribution is -2.22. The summed E-state index contributed by atoms with van der Waals surface area (Å²) in [6.45, 7) is 0.987. The van der Waals surface area contributed by atoms with Crippen molar-refractivity contribution in [1.82, 2.24) is 9.40 Å². The molecule has 0 saturated carbocycles. The molecule has 0 bridgehead atoms. The Bertz CT molecular complexity index is 289. The summed E-state index contributed by atoms with van der Waals surface area (Å²) < 4.78 is 1.95. The fraction of sp³-hybridized carbons (Fsp3) is 0.583. The zero-order valence-electron chi connectivity index (χ0n) is 8.90. The topological polar surface area (TPSA) is 16.1 Å². The van der Waals surface area contributed by atoms with Crippen LogP contribution in [0.15, 0.2) is 24.5 Å². The summed E-state index contributed by atoms with van der Waals surface area (Å²) in [4.78, 5) is 4.16. The van der Waals surface area contributed by atoms with E-state index in [0.717, 1.165) is 13.0 Å². The van der Waals surface area contributed by atoms with Gasteiger partial charge < -0.3 is 0 Å². The van der Waals surface area contributed by atoms with Crippen molar-refractivity contribution in [2.75, 3.05) is 6.54 Å². The highest BCUT2D eigenvalue weighted by molar-refractivity contribution is 6.13. The van der Waals surface area contributed by atoms with Gasteiger partial charge in [-0.25, -0.2) is 4.42 Å². The van der Waals surface area contributed by atoms with Gasteiger partial charge in [0.15, 0.2) is 0 Å². The maximum absolute atomic E-state index is 6.30. The van der Waals surface area contributed by atoms with Crippen molar-refractivity contribution in [2.45, 2.75) is 38.1 Å². The van der Waals surface area contributed by atoms with Crippen molar-refractivity contribution in [3.05, 3.63) is 30.1 Å². The van der Waals surface area contributed by atoms with Crippen molar-refractivity contribution in [1.29, 1.82) is 0 Å². The minimum atomic E-state index is 0.348. The van der Waals surface area contributed by atoms with E-state index in [9.17, 15) is 0 Å². The second kappa shape index (κ2) is 5.47. The molecule has 0 N–H and O–H groups in total. The molecule has 1 aromatic rings.